The number of aliphatic imine (C=N–C) groups is 1. The van der Waals surface area contributed by atoms with Gasteiger partial charge >= 0.3 is 0 Å². The molecule has 0 bridgehead atoms. The van der Waals surface area contributed by atoms with E-state index in [4.69, 9.17) is 0 Å². The molecule has 6 nitrogen and oxygen atoms in total. The second kappa shape index (κ2) is 11.8. The highest BCUT2D eigenvalue weighted by molar-refractivity contribution is 7.97. The normalized spacial score (nSPS) is 10.4. The van der Waals surface area contributed by atoms with Gasteiger partial charge in [0, 0.05) is 35.8 Å². The van der Waals surface area contributed by atoms with Crippen LogP contribution in [-0.4, -0.2) is 34.6 Å². The van der Waals surface area contributed by atoms with E-state index in [1.807, 2.05) is 42.3 Å². The quantitative estimate of drug-likeness (QED) is 0.242. The summed E-state index contributed by atoms with van der Waals surface area (Å²) in [6.07, 6.45) is 5.64. The monoisotopic (exact) mass is 430 g/mol. The molecule has 0 aliphatic carbocycles. The molecule has 0 aliphatic heterocycles. The van der Waals surface area contributed by atoms with Gasteiger partial charge in [0.15, 0.2) is 0 Å². The standard InChI is InChI=1S/C13H16N4.C11H10N2S/c1-11-8-17(10-16-11)13-5-3-12(4-6-13)7-15-9-14-2;1-12-14-8-9-4-5-11-10(7-9)3-2-6-13-11/h3-6,8,10,15H,2,7,9H2,1H3;2-7H,1,8H2. The van der Waals surface area contributed by atoms with Crippen molar-refractivity contribution < 1.29 is 0 Å². The molecule has 0 radical (unpaired) electrons. The second-order valence-corrected chi connectivity index (χ2v) is 7.64. The molecule has 0 fully saturated rings. The number of imidazole rings is 1. The minimum atomic E-state index is 0.586. The molecule has 0 aliphatic rings. The van der Waals surface area contributed by atoms with Crippen LogP contribution in [0.15, 0.2) is 82.7 Å². The molecule has 158 valence electrons. The van der Waals surface area contributed by atoms with Gasteiger partial charge in [0.25, 0.3) is 0 Å². The Kier molecular flexibility index (Phi) is 8.51. The molecule has 0 amide bonds. The average molecular weight is 431 g/mol. The van der Waals surface area contributed by atoms with Gasteiger partial charge in [-0.3, -0.25) is 15.3 Å². The van der Waals surface area contributed by atoms with E-state index in [9.17, 15) is 0 Å². The van der Waals surface area contributed by atoms with E-state index in [2.05, 4.69) is 80.6 Å². The molecular weight excluding hydrogens is 404 g/mol. The van der Waals surface area contributed by atoms with Gasteiger partial charge in [-0.2, -0.15) is 0 Å². The summed E-state index contributed by atoms with van der Waals surface area (Å²) in [4.78, 5) is 12.2. The van der Waals surface area contributed by atoms with Crippen LogP contribution < -0.4 is 5.32 Å². The molecule has 1 N–H and O–H groups in total. The van der Waals surface area contributed by atoms with E-state index in [0.29, 0.717) is 6.67 Å². The van der Waals surface area contributed by atoms with Crippen LogP contribution in [0.1, 0.15) is 16.8 Å². The summed E-state index contributed by atoms with van der Waals surface area (Å²) in [6, 6.07) is 18.6. The van der Waals surface area contributed by atoms with E-state index in [1.54, 1.807) is 0 Å². The van der Waals surface area contributed by atoms with Crippen molar-refractivity contribution in [1.29, 1.82) is 0 Å². The SMILES string of the molecule is C=NCNCc1ccc(-n2cnc(C)c2)cc1.C=NSCc1ccc2ncccc2c1. The van der Waals surface area contributed by atoms with Crippen LogP contribution in [0.2, 0.25) is 0 Å². The van der Waals surface area contributed by atoms with Gasteiger partial charge < -0.3 is 4.57 Å². The molecule has 0 saturated carbocycles. The van der Waals surface area contributed by atoms with Gasteiger partial charge in [-0.1, -0.05) is 24.3 Å². The van der Waals surface area contributed by atoms with Gasteiger partial charge in [-0.15, -0.1) is 0 Å². The predicted octanol–water partition coefficient (Wildman–Crippen LogP) is 5.01. The molecule has 7 heteroatoms. The van der Waals surface area contributed by atoms with Crippen molar-refractivity contribution in [1.82, 2.24) is 19.9 Å². The number of fused-ring (bicyclic) bond motifs is 1. The Hall–Kier alpha value is -3.29. The number of hydrogen-bond donors (Lipinski definition) is 1. The minimum Gasteiger partial charge on any atom is -0.306 e. The lowest BCUT2D eigenvalue weighted by Crippen LogP contribution is -2.12. The summed E-state index contributed by atoms with van der Waals surface area (Å²) in [7, 11) is 0. The minimum absolute atomic E-state index is 0.586. The maximum absolute atomic E-state index is 4.26. The van der Waals surface area contributed by atoms with E-state index in [0.717, 1.165) is 29.2 Å². The summed E-state index contributed by atoms with van der Waals surface area (Å²) < 4.78 is 5.77. The molecule has 4 rings (SSSR count). The maximum Gasteiger partial charge on any atom is 0.0995 e. The van der Waals surface area contributed by atoms with Gasteiger partial charge in [0.2, 0.25) is 0 Å². The van der Waals surface area contributed by atoms with Crippen molar-refractivity contribution in [2.45, 2.75) is 19.2 Å². The molecule has 2 aromatic carbocycles. The van der Waals surface area contributed by atoms with Crippen LogP contribution in [0.3, 0.4) is 0 Å². The first-order valence-corrected chi connectivity index (χ1v) is 10.8. The number of hydrogen-bond acceptors (Lipinski definition) is 6. The van der Waals surface area contributed by atoms with Crippen molar-refractivity contribution in [3.05, 3.63) is 90.1 Å². The lowest BCUT2D eigenvalue weighted by Gasteiger charge is -2.05. The first-order chi connectivity index (χ1) is 15.2. The van der Waals surface area contributed by atoms with Crippen LogP contribution in [-0.2, 0) is 12.3 Å². The van der Waals surface area contributed by atoms with Crippen molar-refractivity contribution in [2.75, 3.05) is 6.67 Å². The Bertz CT molecular complexity index is 1120. The van der Waals surface area contributed by atoms with Crippen LogP contribution in [0.4, 0.5) is 0 Å². The molecule has 0 atom stereocenters. The van der Waals surface area contributed by atoms with Crippen LogP contribution in [0, 0.1) is 6.92 Å². The zero-order valence-corrected chi connectivity index (χ0v) is 18.4. The molecule has 2 aromatic heterocycles. The summed E-state index contributed by atoms with van der Waals surface area (Å²) in [5.74, 6) is 0.869. The smallest absolute Gasteiger partial charge is 0.0995 e. The Balaban J connectivity index is 0.000000179. The molecule has 0 unspecified atom stereocenters. The number of aromatic nitrogens is 3. The fourth-order valence-electron chi connectivity index (χ4n) is 2.96. The van der Waals surface area contributed by atoms with Crippen LogP contribution >= 0.6 is 11.9 Å². The van der Waals surface area contributed by atoms with Crippen LogP contribution in [0.5, 0.6) is 0 Å². The largest absolute Gasteiger partial charge is 0.306 e. The Morgan fingerprint density at radius 1 is 1.03 bits per heavy atom. The lowest BCUT2D eigenvalue weighted by atomic mass is 10.1. The van der Waals surface area contributed by atoms with E-state index in [-0.39, 0.29) is 0 Å². The number of aryl methyl sites for hydroxylation is 1. The topological polar surface area (TPSA) is 67.5 Å². The number of benzene rings is 2. The molecule has 31 heavy (non-hydrogen) atoms. The fourth-order valence-corrected chi connectivity index (χ4v) is 3.38. The molecule has 2 heterocycles. The first-order valence-electron chi connectivity index (χ1n) is 9.84. The number of nitrogens with one attached hydrogen (secondary N) is 1. The third-order valence-electron chi connectivity index (χ3n) is 4.49. The predicted molar refractivity (Wildman–Crippen MR) is 132 cm³/mol. The Labute approximate surface area is 187 Å². The highest BCUT2D eigenvalue weighted by Gasteiger charge is 1.98. The third kappa shape index (κ3) is 6.87. The number of pyridine rings is 1. The van der Waals surface area contributed by atoms with Crippen LogP contribution in [0.25, 0.3) is 16.6 Å². The zero-order valence-electron chi connectivity index (χ0n) is 17.6. The fraction of sp³-hybridized carbons (Fsp3) is 0.167. The summed E-state index contributed by atoms with van der Waals surface area (Å²) in [6.45, 7) is 10.2. The van der Waals surface area contributed by atoms with E-state index in [1.165, 1.54) is 28.5 Å². The lowest BCUT2D eigenvalue weighted by molar-refractivity contribution is 0.713. The Morgan fingerprint density at radius 2 is 1.84 bits per heavy atom. The zero-order chi connectivity index (χ0) is 21.9. The van der Waals surface area contributed by atoms with Crippen molar-refractivity contribution in [3.63, 3.8) is 0 Å². The molecular formula is C24H26N6S. The maximum atomic E-state index is 4.26. The summed E-state index contributed by atoms with van der Waals surface area (Å²) >= 11 is 1.46. The highest BCUT2D eigenvalue weighted by Crippen LogP contribution is 2.17. The van der Waals surface area contributed by atoms with Gasteiger partial charge in [-0.05, 0) is 73.8 Å². The summed E-state index contributed by atoms with van der Waals surface area (Å²) in [5.41, 5.74) is 5.66. The van der Waals surface area contributed by atoms with E-state index < -0.39 is 0 Å². The average Bonchev–Trinajstić information content (AvgIpc) is 3.25. The van der Waals surface area contributed by atoms with E-state index >= 15 is 0 Å². The molecule has 0 saturated heterocycles. The number of nitrogens with zero attached hydrogens (tertiary/aromatic N) is 5. The third-order valence-corrected chi connectivity index (χ3v) is 5.13. The Morgan fingerprint density at radius 3 is 2.55 bits per heavy atom. The second-order valence-electron chi connectivity index (χ2n) is 6.83. The molecule has 4 aromatic rings. The van der Waals surface area contributed by atoms with Gasteiger partial charge in [0.1, 0.15) is 0 Å². The van der Waals surface area contributed by atoms with Crippen molar-refractivity contribution in [2.24, 2.45) is 9.39 Å². The number of rotatable bonds is 8. The summed E-state index contributed by atoms with van der Waals surface area (Å²) in [5, 5.41) is 4.34. The molecule has 0 spiro atoms. The van der Waals surface area contributed by atoms with Crippen molar-refractivity contribution in [3.8, 4) is 5.69 Å². The van der Waals surface area contributed by atoms with Crippen molar-refractivity contribution >= 4 is 36.3 Å². The van der Waals surface area contributed by atoms with Gasteiger partial charge in [0.05, 0.1) is 24.2 Å². The van der Waals surface area contributed by atoms with Gasteiger partial charge in [-0.25, -0.2) is 9.38 Å². The highest BCUT2D eigenvalue weighted by atomic mass is 32.2. The first kappa shape index (κ1) is 22.4.